The summed E-state index contributed by atoms with van der Waals surface area (Å²) in [6.45, 7) is 13.1. The monoisotopic (exact) mass is 251 g/mol. The first-order chi connectivity index (χ1) is 8.33. The molecular weight excluding hydrogens is 218 g/mol. The zero-order chi connectivity index (χ0) is 13.4. The molecule has 0 unspecified atom stereocenters. The molecule has 0 spiro atoms. The van der Waals surface area contributed by atoms with Gasteiger partial charge in [-0.05, 0) is 61.2 Å². The van der Waals surface area contributed by atoms with E-state index in [1.165, 1.54) is 45.1 Å². The highest BCUT2D eigenvalue weighted by Crippen LogP contribution is 2.56. The van der Waals surface area contributed by atoms with Crippen molar-refractivity contribution in [3.63, 3.8) is 0 Å². The maximum atomic E-state index is 3.73. The van der Waals surface area contributed by atoms with Crippen molar-refractivity contribution in [1.82, 2.24) is 5.32 Å². The van der Waals surface area contributed by atoms with Gasteiger partial charge >= 0.3 is 0 Å². The standard InChI is InChI=1S/C17H33N/c1-13(2)18-12-17(15-6-7-15)10-8-14(9-11-17)16(3,4)5/h13-15,18H,6-12H2,1-5H3. The largest absolute Gasteiger partial charge is 0.314 e. The smallest absolute Gasteiger partial charge is 0.00128 e. The van der Waals surface area contributed by atoms with Gasteiger partial charge < -0.3 is 5.32 Å². The molecule has 0 atom stereocenters. The molecule has 2 fully saturated rings. The third kappa shape index (κ3) is 3.29. The van der Waals surface area contributed by atoms with Gasteiger partial charge in [-0.1, -0.05) is 34.6 Å². The minimum atomic E-state index is 0.515. The number of nitrogens with one attached hydrogen (secondary N) is 1. The Bertz CT molecular complexity index is 262. The molecule has 1 nitrogen and oxygen atoms in total. The van der Waals surface area contributed by atoms with E-state index in [4.69, 9.17) is 0 Å². The molecule has 2 aliphatic carbocycles. The first kappa shape index (κ1) is 14.4. The third-order valence-corrected chi connectivity index (χ3v) is 5.51. The van der Waals surface area contributed by atoms with Crippen LogP contribution in [0.15, 0.2) is 0 Å². The van der Waals surface area contributed by atoms with Gasteiger partial charge in [0.2, 0.25) is 0 Å². The van der Waals surface area contributed by atoms with Gasteiger partial charge in [0.1, 0.15) is 0 Å². The highest BCUT2D eigenvalue weighted by Gasteiger charge is 2.47. The summed E-state index contributed by atoms with van der Waals surface area (Å²) in [6, 6.07) is 0.640. The molecule has 0 heterocycles. The van der Waals surface area contributed by atoms with Crippen molar-refractivity contribution in [2.75, 3.05) is 6.54 Å². The molecule has 1 N–H and O–H groups in total. The van der Waals surface area contributed by atoms with Gasteiger partial charge in [0, 0.05) is 12.6 Å². The van der Waals surface area contributed by atoms with Crippen LogP contribution in [-0.2, 0) is 0 Å². The van der Waals surface area contributed by atoms with Crippen LogP contribution in [0.4, 0.5) is 0 Å². The van der Waals surface area contributed by atoms with Crippen molar-refractivity contribution in [2.45, 2.75) is 79.2 Å². The molecule has 2 rings (SSSR count). The molecule has 0 bridgehead atoms. The fourth-order valence-corrected chi connectivity index (χ4v) is 3.89. The van der Waals surface area contributed by atoms with Crippen LogP contribution in [0.1, 0.15) is 73.1 Å². The van der Waals surface area contributed by atoms with Crippen LogP contribution in [0.25, 0.3) is 0 Å². The normalized spacial score (nSPS) is 34.0. The lowest BCUT2D eigenvalue weighted by molar-refractivity contribution is 0.0682. The summed E-state index contributed by atoms with van der Waals surface area (Å²) in [5.74, 6) is 1.99. The van der Waals surface area contributed by atoms with E-state index in [0.717, 1.165) is 11.8 Å². The average molecular weight is 251 g/mol. The molecule has 18 heavy (non-hydrogen) atoms. The van der Waals surface area contributed by atoms with E-state index in [2.05, 4.69) is 39.9 Å². The molecule has 0 amide bonds. The molecule has 0 saturated heterocycles. The van der Waals surface area contributed by atoms with Gasteiger partial charge in [-0.15, -0.1) is 0 Å². The van der Waals surface area contributed by atoms with E-state index < -0.39 is 0 Å². The Morgan fingerprint density at radius 2 is 1.61 bits per heavy atom. The molecular formula is C17H33N. The summed E-state index contributed by atoms with van der Waals surface area (Å²) in [7, 11) is 0. The molecule has 0 aromatic carbocycles. The molecule has 0 aliphatic heterocycles. The Morgan fingerprint density at radius 3 is 2.00 bits per heavy atom. The van der Waals surface area contributed by atoms with Crippen LogP contribution in [0.3, 0.4) is 0 Å². The second-order valence-electron chi connectivity index (χ2n) is 8.31. The maximum Gasteiger partial charge on any atom is 0.00128 e. The first-order valence-electron chi connectivity index (χ1n) is 8.07. The Balaban J connectivity index is 1.93. The summed E-state index contributed by atoms with van der Waals surface area (Å²) in [6.07, 6.45) is 8.86. The minimum Gasteiger partial charge on any atom is -0.314 e. The van der Waals surface area contributed by atoms with E-state index in [-0.39, 0.29) is 0 Å². The van der Waals surface area contributed by atoms with Gasteiger partial charge in [-0.3, -0.25) is 0 Å². The van der Waals surface area contributed by atoms with Crippen molar-refractivity contribution in [3.05, 3.63) is 0 Å². The molecule has 106 valence electrons. The SMILES string of the molecule is CC(C)NCC1(C2CC2)CCC(C(C)(C)C)CC1. The fourth-order valence-electron chi connectivity index (χ4n) is 3.89. The van der Waals surface area contributed by atoms with Crippen molar-refractivity contribution in [3.8, 4) is 0 Å². The fraction of sp³-hybridized carbons (Fsp3) is 1.00. The summed E-state index contributed by atoms with van der Waals surface area (Å²) in [4.78, 5) is 0. The van der Waals surface area contributed by atoms with Gasteiger partial charge in [0.05, 0.1) is 0 Å². The number of hydrogen-bond acceptors (Lipinski definition) is 1. The predicted molar refractivity (Wildman–Crippen MR) is 79.7 cm³/mol. The van der Waals surface area contributed by atoms with Crippen molar-refractivity contribution in [1.29, 1.82) is 0 Å². The Labute approximate surface area is 114 Å². The molecule has 2 saturated carbocycles. The number of rotatable bonds is 4. The van der Waals surface area contributed by atoms with Crippen LogP contribution in [0, 0.1) is 22.7 Å². The van der Waals surface area contributed by atoms with Crippen LogP contribution >= 0.6 is 0 Å². The van der Waals surface area contributed by atoms with E-state index >= 15 is 0 Å². The zero-order valence-electron chi connectivity index (χ0n) is 13.2. The molecule has 2 aliphatic rings. The lowest BCUT2D eigenvalue weighted by Gasteiger charge is -2.45. The zero-order valence-corrected chi connectivity index (χ0v) is 13.2. The van der Waals surface area contributed by atoms with E-state index in [0.29, 0.717) is 16.9 Å². The van der Waals surface area contributed by atoms with Crippen molar-refractivity contribution in [2.24, 2.45) is 22.7 Å². The molecule has 1 heteroatoms. The summed E-state index contributed by atoms with van der Waals surface area (Å²) in [5.41, 5.74) is 1.17. The van der Waals surface area contributed by atoms with Crippen LogP contribution in [0.5, 0.6) is 0 Å². The van der Waals surface area contributed by atoms with Crippen LogP contribution in [-0.4, -0.2) is 12.6 Å². The van der Waals surface area contributed by atoms with Gasteiger partial charge in [0.25, 0.3) is 0 Å². The quantitative estimate of drug-likeness (QED) is 0.769. The van der Waals surface area contributed by atoms with Gasteiger partial charge in [0.15, 0.2) is 0 Å². The second kappa shape index (κ2) is 5.15. The predicted octanol–water partition coefficient (Wildman–Crippen LogP) is 4.62. The Hall–Kier alpha value is -0.0400. The lowest BCUT2D eigenvalue weighted by Crippen LogP contribution is -2.43. The molecule has 0 aromatic rings. The summed E-state index contributed by atoms with van der Waals surface area (Å²) < 4.78 is 0. The topological polar surface area (TPSA) is 12.0 Å². The van der Waals surface area contributed by atoms with Gasteiger partial charge in [-0.25, -0.2) is 0 Å². The molecule has 0 aromatic heterocycles. The third-order valence-electron chi connectivity index (χ3n) is 5.51. The summed E-state index contributed by atoms with van der Waals surface area (Å²) in [5, 5.41) is 3.73. The minimum absolute atomic E-state index is 0.515. The highest BCUT2D eigenvalue weighted by atomic mass is 14.9. The highest BCUT2D eigenvalue weighted by molar-refractivity contribution is 4.99. The van der Waals surface area contributed by atoms with Crippen molar-refractivity contribution < 1.29 is 0 Å². The van der Waals surface area contributed by atoms with E-state index in [1.807, 2.05) is 0 Å². The van der Waals surface area contributed by atoms with Crippen molar-refractivity contribution >= 4 is 0 Å². The lowest BCUT2D eigenvalue weighted by atomic mass is 9.62. The van der Waals surface area contributed by atoms with Crippen LogP contribution < -0.4 is 5.32 Å². The van der Waals surface area contributed by atoms with Crippen LogP contribution in [0.2, 0.25) is 0 Å². The van der Waals surface area contributed by atoms with E-state index in [1.54, 1.807) is 0 Å². The first-order valence-corrected chi connectivity index (χ1v) is 8.07. The average Bonchev–Trinajstić information content (AvgIpc) is 3.09. The Morgan fingerprint density at radius 1 is 1.06 bits per heavy atom. The number of hydrogen-bond donors (Lipinski definition) is 1. The van der Waals surface area contributed by atoms with Gasteiger partial charge in [-0.2, -0.15) is 0 Å². The molecule has 0 radical (unpaired) electrons. The van der Waals surface area contributed by atoms with E-state index in [9.17, 15) is 0 Å². The Kier molecular flexibility index (Phi) is 4.11. The summed E-state index contributed by atoms with van der Waals surface area (Å²) >= 11 is 0. The maximum absolute atomic E-state index is 3.73. The second-order valence-corrected chi connectivity index (χ2v) is 8.31.